The lowest BCUT2D eigenvalue weighted by molar-refractivity contribution is -0.127. The zero-order valence-electron chi connectivity index (χ0n) is 12.5. The molecule has 1 aromatic rings. The third-order valence-corrected chi connectivity index (χ3v) is 3.24. The fraction of sp³-hybridized carbons (Fsp3) is 0.500. The molecule has 5 nitrogen and oxygen atoms in total. The van der Waals surface area contributed by atoms with E-state index in [0.717, 1.165) is 11.4 Å². The number of amides is 1. The Hall–Kier alpha value is -2.06. The van der Waals surface area contributed by atoms with Crippen molar-refractivity contribution < 1.29 is 9.53 Å². The molecule has 21 heavy (non-hydrogen) atoms. The number of pyridine rings is 1. The van der Waals surface area contributed by atoms with Crippen LogP contribution in [-0.2, 0) is 11.3 Å². The molecule has 1 atom stereocenters. The van der Waals surface area contributed by atoms with Gasteiger partial charge in [-0.15, -0.1) is 6.42 Å². The highest BCUT2D eigenvalue weighted by atomic mass is 16.5. The summed E-state index contributed by atoms with van der Waals surface area (Å²) in [5, 5.41) is 6.02. The quantitative estimate of drug-likeness (QED) is 0.739. The number of carbonyl (C=O) groups excluding carboxylic acids is 1. The summed E-state index contributed by atoms with van der Waals surface area (Å²) in [7, 11) is 0. The summed E-state index contributed by atoms with van der Waals surface area (Å²) in [4.78, 5) is 16.3. The van der Waals surface area contributed by atoms with Crippen molar-refractivity contribution in [2.24, 2.45) is 0 Å². The van der Waals surface area contributed by atoms with Gasteiger partial charge in [0.15, 0.2) is 6.10 Å². The molecule has 1 saturated carbocycles. The lowest BCUT2D eigenvalue weighted by Gasteiger charge is -2.17. The van der Waals surface area contributed by atoms with E-state index in [1.807, 2.05) is 19.1 Å². The second kappa shape index (κ2) is 7.09. The van der Waals surface area contributed by atoms with Crippen molar-refractivity contribution in [3.63, 3.8) is 0 Å². The molecule has 0 aliphatic heterocycles. The third kappa shape index (κ3) is 4.76. The lowest BCUT2D eigenvalue weighted by atomic mass is 10.2. The Kier molecular flexibility index (Phi) is 5.18. The van der Waals surface area contributed by atoms with Gasteiger partial charge in [-0.3, -0.25) is 9.78 Å². The molecular formula is C16H21N3O2. The highest BCUT2D eigenvalue weighted by Gasteiger charge is 2.22. The predicted molar refractivity (Wildman–Crippen MR) is 80.8 cm³/mol. The van der Waals surface area contributed by atoms with E-state index in [-0.39, 0.29) is 12.5 Å². The van der Waals surface area contributed by atoms with E-state index in [2.05, 4.69) is 21.5 Å². The molecule has 1 heterocycles. The first-order valence-electron chi connectivity index (χ1n) is 7.18. The fourth-order valence-corrected chi connectivity index (χ4v) is 1.89. The van der Waals surface area contributed by atoms with Crippen LogP contribution in [0.1, 0.15) is 31.2 Å². The maximum absolute atomic E-state index is 11.8. The van der Waals surface area contributed by atoms with Crippen LogP contribution < -0.4 is 15.4 Å². The Morgan fingerprint density at radius 3 is 3.00 bits per heavy atom. The first-order chi connectivity index (χ1) is 10.1. The first kappa shape index (κ1) is 15.3. The molecule has 1 aromatic heterocycles. The molecule has 1 amide bonds. The SMILES string of the molecule is C#CCNC(=O)C(C)Oc1ccc(C)nc1CNC1CC1. The standard InChI is InChI=1S/C16H21N3O2/c1-4-9-17-16(20)12(3)21-15-8-5-11(2)19-14(15)10-18-13-6-7-13/h1,5,8,12-13,18H,6-7,9-10H2,2-3H3,(H,17,20). The molecule has 5 heteroatoms. The van der Waals surface area contributed by atoms with Gasteiger partial charge in [0.05, 0.1) is 12.2 Å². The summed E-state index contributed by atoms with van der Waals surface area (Å²) in [5.74, 6) is 2.78. The minimum atomic E-state index is -0.609. The topological polar surface area (TPSA) is 63.2 Å². The zero-order valence-corrected chi connectivity index (χ0v) is 12.5. The van der Waals surface area contributed by atoms with Gasteiger partial charge in [0.2, 0.25) is 0 Å². The fourth-order valence-electron chi connectivity index (χ4n) is 1.89. The molecule has 0 radical (unpaired) electrons. The molecule has 1 fully saturated rings. The summed E-state index contributed by atoms with van der Waals surface area (Å²) in [6.45, 7) is 4.49. The normalized spacial score (nSPS) is 15.1. The summed E-state index contributed by atoms with van der Waals surface area (Å²) in [6, 6.07) is 4.33. The molecule has 0 spiro atoms. The van der Waals surface area contributed by atoms with Crippen molar-refractivity contribution in [1.29, 1.82) is 0 Å². The van der Waals surface area contributed by atoms with Gasteiger partial charge in [0.25, 0.3) is 5.91 Å². The molecule has 112 valence electrons. The van der Waals surface area contributed by atoms with Crippen molar-refractivity contribution in [2.45, 2.75) is 45.4 Å². The van der Waals surface area contributed by atoms with Crippen LogP contribution in [0.3, 0.4) is 0 Å². The van der Waals surface area contributed by atoms with Crippen molar-refractivity contribution in [2.75, 3.05) is 6.54 Å². The number of nitrogens with zero attached hydrogens (tertiary/aromatic N) is 1. The van der Waals surface area contributed by atoms with Crippen molar-refractivity contribution in [1.82, 2.24) is 15.6 Å². The van der Waals surface area contributed by atoms with E-state index in [1.54, 1.807) is 6.92 Å². The molecule has 0 saturated heterocycles. The van der Waals surface area contributed by atoms with Gasteiger partial charge < -0.3 is 15.4 Å². The van der Waals surface area contributed by atoms with E-state index < -0.39 is 6.10 Å². The molecule has 0 bridgehead atoms. The van der Waals surface area contributed by atoms with Gasteiger partial charge in [-0.05, 0) is 38.8 Å². The number of aromatic nitrogens is 1. The molecule has 0 aromatic carbocycles. The smallest absolute Gasteiger partial charge is 0.261 e. The van der Waals surface area contributed by atoms with Gasteiger partial charge in [-0.1, -0.05) is 5.92 Å². The minimum Gasteiger partial charge on any atom is -0.479 e. The van der Waals surface area contributed by atoms with E-state index in [4.69, 9.17) is 11.2 Å². The maximum atomic E-state index is 11.8. The van der Waals surface area contributed by atoms with Crippen LogP contribution in [0, 0.1) is 19.3 Å². The second-order valence-corrected chi connectivity index (χ2v) is 5.23. The Labute approximate surface area is 125 Å². The first-order valence-corrected chi connectivity index (χ1v) is 7.18. The van der Waals surface area contributed by atoms with E-state index in [0.29, 0.717) is 18.3 Å². The highest BCUT2D eigenvalue weighted by Crippen LogP contribution is 2.22. The molecule has 1 unspecified atom stereocenters. The minimum absolute atomic E-state index is 0.203. The Balaban J connectivity index is 2.00. The zero-order chi connectivity index (χ0) is 15.2. The number of carbonyl (C=O) groups is 1. The van der Waals surface area contributed by atoms with Crippen LogP contribution in [-0.4, -0.2) is 29.6 Å². The van der Waals surface area contributed by atoms with E-state index >= 15 is 0 Å². The van der Waals surface area contributed by atoms with Gasteiger partial charge in [-0.2, -0.15) is 0 Å². The van der Waals surface area contributed by atoms with Crippen LogP contribution in [0.15, 0.2) is 12.1 Å². The monoisotopic (exact) mass is 287 g/mol. The summed E-state index contributed by atoms with van der Waals surface area (Å²) in [6.07, 6.45) is 6.94. The van der Waals surface area contributed by atoms with Gasteiger partial charge in [0.1, 0.15) is 5.75 Å². The molecule has 1 aliphatic carbocycles. The van der Waals surface area contributed by atoms with Crippen LogP contribution in [0.2, 0.25) is 0 Å². The number of hydrogen-bond donors (Lipinski definition) is 2. The predicted octanol–water partition coefficient (Wildman–Crippen LogP) is 1.16. The Morgan fingerprint density at radius 1 is 1.57 bits per heavy atom. The Bertz CT molecular complexity index is 547. The average Bonchev–Trinajstić information content (AvgIpc) is 3.29. The largest absolute Gasteiger partial charge is 0.479 e. The van der Waals surface area contributed by atoms with Gasteiger partial charge in [0, 0.05) is 18.3 Å². The summed E-state index contributed by atoms with van der Waals surface area (Å²) >= 11 is 0. The van der Waals surface area contributed by atoms with E-state index in [1.165, 1.54) is 12.8 Å². The van der Waals surface area contributed by atoms with Crippen LogP contribution >= 0.6 is 0 Å². The highest BCUT2D eigenvalue weighted by molar-refractivity contribution is 5.80. The third-order valence-electron chi connectivity index (χ3n) is 3.24. The number of rotatable bonds is 7. The lowest BCUT2D eigenvalue weighted by Crippen LogP contribution is -2.36. The maximum Gasteiger partial charge on any atom is 0.261 e. The number of nitrogens with one attached hydrogen (secondary N) is 2. The van der Waals surface area contributed by atoms with Gasteiger partial charge >= 0.3 is 0 Å². The number of ether oxygens (including phenoxy) is 1. The average molecular weight is 287 g/mol. The van der Waals surface area contributed by atoms with E-state index in [9.17, 15) is 4.79 Å². The number of hydrogen-bond acceptors (Lipinski definition) is 4. The van der Waals surface area contributed by atoms with Crippen LogP contribution in [0.5, 0.6) is 5.75 Å². The summed E-state index contributed by atoms with van der Waals surface area (Å²) in [5.41, 5.74) is 1.76. The van der Waals surface area contributed by atoms with Crippen molar-refractivity contribution in [3.05, 3.63) is 23.5 Å². The van der Waals surface area contributed by atoms with Crippen LogP contribution in [0.4, 0.5) is 0 Å². The molecule has 1 aliphatic rings. The second-order valence-electron chi connectivity index (χ2n) is 5.23. The molecule has 2 N–H and O–H groups in total. The number of terminal acetylenes is 1. The Morgan fingerprint density at radius 2 is 2.33 bits per heavy atom. The van der Waals surface area contributed by atoms with Crippen molar-refractivity contribution in [3.8, 4) is 18.1 Å². The van der Waals surface area contributed by atoms with Gasteiger partial charge in [-0.25, -0.2) is 0 Å². The summed E-state index contributed by atoms with van der Waals surface area (Å²) < 4.78 is 5.73. The van der Waals surface area contributed by atoms with Crippen LogP contribution in [0.25, 0.3) is 0 Å². The van der Waals surface area contributed by atoms with Crippen molar-refractivity contribution >= 4 is 5.91 Å². The number of aryl methyl sites for hydroxylation is 1. The molecule has 2 rings (SSSR count). The molecular weight excluding hydrogens is 266 g/mol.